The molecule has 1 aromatic rings. The molecule has 2 nitrogen and oxygen atoms in total. The Kier molecular flexibility index (Phi) is 7.86. The van der Waals surface area contributed by atoms with Crippen LogP contribution in [0, 0.1) is 5.92 Å². The van der Waals surface area contributed by atoms with E-state index in [1.54, 1.807) is 7.11 Å². The maximum Gasteiger partial charge on any atom is 0.122 e. The van der Waals surface area contributed by atoms with Crippen molar-refractivity contribution < 1.29 is 9.47 Å². The number of ether oxygens (including phenoxy) is 2. The minimum Gasteiger partial charge on any atom is -0.497 e. The molecule has 1 aromatic carbocycles. The van der Waals surface area contributed by atoms with E-state index in [0.29, 0.717) is 5.92 Å². The molecule has 1 unspecified atom stereocenters. The van der Waals surface area contributed by atoms with Gasteiger partial charge in [0.2, 0.25) is 0 Å². The Morgan fingerprint density at radius 1 is 1.25 bits per heavy atom. The molecule has 1 atom stereocenters. The molecule has 0 bridgehead atoms. The van der Waals surface area contributed by atoms with Crippen LogP contribution in [0.15, 0.2) is 35.9 Å². The van der Waals surface area contributed by atoms with Crippen molar-refractivity contribution in [2.24, 2.45) is 5.92 Å². The first kappa shape index (κ1) is 16.6. The van der Waals surface area contributed by atoms with Crippen LogP contribution in [-0.2, 0) is 0 Å². The zero-order valence-electron chi connectivity index (χ0n) is 13.3. The molecule has 2 heteroatoms. The second-order valence-corrected chi connectivity index (χ2v) is 5.40. The highest BCUT2D eigenvalue weighted by molar-refractivity contribution is 5.32. The minimum atomic E-state index is 0.696. The summed E-state index contributed by atoms with van der Waals surface area (Å²) in [4.78, 5) is 0. The first-order valence-electron chi connectivity index (χ1n) is 7.58. The third-order valence-electron chi connectivity index (χ3n) is 3.63. The van der Waals surface area contributed by atoms with Gasteiger partial charge in [-0.2, -0.15) is 0 Å². The predicted molar refractivity (Wildman–Crippen MR) is 85.6 cm³/mol. The fourth-order valence-corrected chi connectivity index (χ4v) is 1.97. The summed E-state index contributed by atoms with van der Waals surface area (Å²) < 4.78 is 11.0. The van der Waals surface area contributed by atoms with Crippen molar-refractivity contribution in [1.82, 2.24) is 0 Å². The number of hydrogen-bond donors (Lipinski definition) is 0. The summed E-state index contributed by atoms with van der Waals surface area (Å²) in [6.45, 7) is 7.47. The lowest BCUT2D eigenvalue weighted by molar-refractivity contribution is 0.278. The van der Waals surface area contributed by atoms with Crippen LogP contribution >= 0.6 is 0 Å². The molecule has 0 N–H and O–H groups in total. The molecule has 20 heavy (non-hydrogen) atoms. The van der Waals surface area contributed by atoms with E-state index in [9.17, 15) is 0 Å². The van der Waals surface area contributed by atoms with Crippen molar-refractivity contribution in [2.75, 3.05) is 13.7 Å². The molecule has 0 spiro atoms. The van der Waals surface area contributed by atoms with E-state index >= 15 is 0 Å². The van der Waals surface area contributed by atoms with Gasteiger partial charge >= 0.3 is 0 Å². The summed E-state index contributed by atoms with van der Waals surface area (Å²) in [5.74, 6) is 2.43. The Bertz CT molecular complexity index is 410. The van der Waals surface area contributed by atoms with Crippen LogP contribution in [0.3, 0.4) is 0 Å². The Balaban J connectivity index is 2.22. The van der Waals surface area contributed by atoms with Gasteiger partial charge in [-0.3, -0.25) is 0 Å². The first-order valence-corrected chi connectivity index (χ1v) is 7.58. The zero-order valence-corrected chi connectivity index (χ0v) is 13.3. The van der Waals surface area contributed by atoms with Gasteiger partial charge in [-0.1, -0.05) is 31.6 Å². The molecule has 0 heterocycles. The monoisotopic (exact) mass is 276 g/mol. The van der Waals surface area contributed by atoms with Gasteiger partial charge in [0.1, 0.15) is 11.5 Å². The largest absolute Gasteiger partial charge is 0.497 e. The van der Waals surface area contributed by atoms with Crippen molar-refractivity contribution in [3.05, 3.63) is 35.9 Å². The van der Waals surface area contributed by atoms with Crippen molar-refractivity contribution in [2.45, 2.75) is 46.5 Å². The average molecular weight is 276 g/mol. The highest BCUT2D eigenvalue weighted by atomic mass is 16.5. The second kappa shape index (κ2) is 9.46. The van der Waals surface area contributed by atoms with E-state index in [2.05, 4.69) is 26.8 Å². The molecular weight excluding hydrogens is 248 g/mol. The lowest BCUT2D eigenvalue weighted by atomic mass is 10.0. The lowest BCUT2D eigenvalue weighted by Crippen LogP contribution is -2.04. The Morgan fingerprint density at radius 3 is 2.70 bits per heavy atom. The number of methoxy groups -OCH3 is 1. The molecule has 0 aliphatic heterocycles. The molecule has 0 saturated carbocycles. The summed E-state index contributed by atoms with van der Waals surface area (Å²) >= 11 is 0. The van der Waals surface area contributed by atoms with E-state index in [1.165, 1.54) is 18.4 Å². The summed E-state index contributed by atoms with van der Waals surface area (Å²) in [6, 6.07) is 7.78. The van der Waals surface area contributed by atoms with Gasteiger partial charge in [-0.25, -0.2) is 0 Å². The van der Waals surface area contributed by atoms with Gasteiger partial charge in [-0.05, 0) is 50.7 Å². The SMILES string of the molecule is CCC(C)=CCCC(C)CCOc1cccc(OC)c1. The molecule has 0 aliphatic carbocycles. The maximum absolute atomic E-state index is 5.77. The zero-order chi connectivity index (χ0) is 14.8. The molecule has 0 saturated heterocycles. The lowest BCUT2D eigenvalue weighted by Gasteiger charge is -2.12. The smallest absolute Gasteiger partial charge is 0.122 e. The van der Waals surface area contributed by atoms with Crippen LogP contribution in [0.25, 0.3) is 0 Å². The molecule has 0 fully saturated rings. The maximum atomic E-state index is 5.77. The van der Waals surface area contributed by atoms with Gasteiger partial charge in [0.05, 0.1) is 13.7 Å². The summed E-state index contributed by atoms with van der Waals surface area (Å²) in [5.41, 5.74) is 1.49. The van der Waals surface area contributed by atoms with E-state index in [4.69, 9.17) is 9.47 Å². The number of allylic oxidation sites excluding steroid dienone is 2. The molecule has 0 amide bonds. The van der Waals surface area contributed by atoms with Gasteiger partial charge in [-0.15, -0.1) is 0 Å². The van der Waals surface area contributed by atoms with Crippen molar-refractivity contribution in [3.63, 3.8) is 0 Å². The quantitative estimate of drug-likeness (QED) is 0.574. The number of rotatable bonds is 9. The second-order valence-electron chi connectivity index (χ2n) is 5.40. The van der Waals surface area contributed by atoms with Crippen molar-refractivity contribution in [1.29, 1.82) is 0 Å². The van der Waals surface area contributed by atoms with E-state index in [1.807, 2.05) is 24.3 Å². The highest BCUT2D eigenvalue weighted by Gasteiger charge is 2.02. The van der Waals surface area contributed by atoms with Gasteiger partial charge in [0.25, 0.3) is 0 Å². The van der Waals surface area contributed by atoms with Crippen LogP contribution in [0.4, 0.5) is 0 Å². The number of hydrogen-bond acceptors (Lipinski definition) is 2. The highest BCUT2D eigenvalue weighted by Crippen LogP contribution is 2.20. The molecule has 1 rings (SSSR count). The van der Waals surface area contributed by atoms with Gasteiger partial charge < -0.3 is 9.47 Å². The predicted octanol–water partition coefficient (Wildman–Crippen LogP) is 5.24. The van der Waals surface area contributed by atoms with Crippen LogP contribution in [-0.4, -0.2) is 13.7 Å². The fraction of sp³-hybridized carbons (Fsp3) is 0.556. The topological polar surface area (TPSA) is 18.5 Å². The van der Waals surface area contributed by atoms with Crippen molar-refractivity contribution >= 4 is 0 Å². The standard InChI is InChI=1S/C18H28O2/c1-5-15(2)8-6-9-16(3)12-13-20-18-11-7-10-17(14-18)19-4/h7-8,10-11,14,16H,5-6,9,12-13H2,1-4H3. The molecule has 0 aromatic heterocycles. The van der Waals surface area contributed by atoms with Crippen LogP contribution in [0.2, 0.25) is 0 Å². The first-order chi connectivity index (χ1) is 9.65. The average Bonchev–Trinajstić information content (AvgIpc) is 2.47. The summed E-state index contributed by atoms with van der Waals surface area (Å²) in [6.07, 6.45) is 7.03. The molecular formula is C18H28O2. The van der Waals surface area contributed by atoms with Gasteiger partial charge in [0, 0.05) is 6.07 Å². The molecule has 112 valence electrons. The van der Waals surface area contributed by atoms with Crippen LogP contribution < -0.4 is 9.47 Å². The van der Waals surface area contributed by atoms with Crippen molar-refractivity contribution in [3.8, 4) is 11.5 Å². The minimum absolute atomic E-state index is 0.696. The third-order valence-corrected chi connectivity index (χ3v) is 3.63. The van der Waals surface area contributed by atoms with E-state index in [-0.39, 0.29) is 0 Å². The van der Waals surface area contributed by atoms with Crippen LogP contribution in [0.5, 0.6) is 11.5 Å². The Hall–Kier alpha value is -1.44. The fourth-order valence-electron chi connectivity index (χ4n) is 1.97. The Labute approximate surface area is 123 Å². The van der Waals surface area contributed by atoms with Gasteiger partial charge in [0.15, 0.2) is 0 Å². The molecule has 0 radical (unpaired) electrons. The van der Waals surface area contributed by atoms with E-state index in [0.717, 1.165) is 30.9 Å². The summed E-state index contributed by atoms with van der Waals surface area (Å²) in [7, 11) is 1.67. The third kappa shape index (κ3) is 6.65. The van der Waals surface area contributed by atoms with E-state index < -0.39 is 0 Å². The van der Waals surface area contributed by atoms with Crippen LogP contribution in [0.1, 0.15) is 46.5 Å². The normalized spacial score (nSPS) is 13.1. The number of benzene rings is 1. The Morgan fingerprint density at radius 2 is 2.00 bits per heavy atom. The molecule has 0 aliphatic rings. The summed E-state index contributed by atoms with van der Waals surface area (Å²) in [5, 5.41) is 0.